The highest BCUT2D eigenvalue weighted by molar-refractivity contribution is 5.98. The molecule has 8 aromatic rings. The maximum atomic E-state index is 12.5. The van der Waals surface area contributed by atoms with Crippen LogP contribution >= 0.6 is 0 Å². The maximum Gasteiger partial charge on any atom is 0.149 e. The van der Waals surface area contributed by atoms with Crippen molar-refractivity contribution in [3.63, 3.8) is 0 Å². The second kappa shape index (κ2) is 15.6. The van der Waals surface area contributed by atoms with Gasteiger partial charge in [-0.3, -0.25) is 9.55 Å². The summed E-state index contributed by atoms with van der Waals surface area (Å²) in [5, 5.41) is 12.5. The molecular weight excluding hydrogens is 755 g/mol. The molecule has 0 aliphatic heterocycles. The Hall–Kier alpha value is -6.26. The van der Waals surface area contributed by atoms with Crippen molar-refractivity contribution >= 4 is 11.0 Å². The van der Waals surface area contributed by atoms with Gasteiger partial charge >= 0.3 is 0 Å². The molecule has 2 heterocycles. The molecule has 2 aromatic heterocycles. The van der Waals surface area contributed by atoms with E-state index in [0.717, 1.165) is 72.5 Å². The number of imidazole rings is 1. The fraction of sp³-hybridized carbons (Fsp3) is 0.276. The Kier molecular flexibility index (Phi) is 10.3. The van der Waals surface area contributed by atoms with Crippen LogP contribution in [0.1, 0.15) is 107 Å². The summed E-state index contributed by atoms with van der Waals surface area (Å²) in [6.45, 7) is 26.6. The summed E-state index contributed by atoms with van der Waals surface area (Å²) in [5.74, 6) is 0.927. The van der Waals surface area contributed by atoms with Gasteiger partial charge in [0.25, 0.3) is 0 Å². The lowest BCUT2D eigenvalue weighted by Gasteiger charge is -2.28. The van der Waals surface area contributed by atoms with Gasteiger partial charge in [-0.25, -0.2) is 4.98 Å². The Morgan fingerprint density at radius 2 is 1.08 bits per heavy atom. The number of para-hydroxylation sites is 1. The SMILES string of the molecule is [2H]c1cnc(-c2cc(-c3cccc4c3nc(-c3cc(C(C)(C)C)cc(C(C)(C)C)c3O)n4-c3ccc(C(C)(C)C)cc3-c3ccccc3)cc(C(C)(C)C)c2)cc1-c1ccccc1. The van der Waals surface area contributed by atoms with Crippen molar-refractivity contribution in [3.8, 4) is 67.5 Å². The third-order valence-electron chi connectivity index (χ3n) is 12.1. The fourth-order valence-electron chi connectivity index (χ4n) is 8.31. The summed E-state index contributed by atoms with van der Waals surface area (Å²) >= 11 is 0. The van der Waals surface area contributed by atoms with Gasteiger partial charge in [-0.1, -0.05) is 174 Å². The lowest BCUT2D eigenvalue weighted by atomic mass is 9.79. The molecule has 0 aliphatic rings. The number of phenolic OH excluding ortho intramolecular Hbond substituents is 1. The van der Waals surface area contributed by atoms with Crippen LogP contribution in [0.3, 0.4) is 0 Å². The third-order valence-corrected chi connectivity index (χ3v) is 12.1. The molecule has 0 radical (unpaired) electrons. The number of aromatic nitrogens is 3. The number of benzene rings is 6. The summed E-state index contributed by atoms with van der Waals surface area (Å²) in [4.78, 5) is 10.5. The molecule has 0 bridgehead atoms. The van der Waals surface area contributed by atoms with Gasteiger partial charge in [-0.15, -0.1) is 0 Å². The van der Waals surface area contributed by atoms with Crippen LogP contribution in [-0.4, -0.2) is 19.6 Å². The van der Waals surface area contributed by atoms with E-state index in [0.29, 0.717) is 17.4 Å². The number of phenols is 1. The van der Waals surface area contributed by atoms with Crippen LogP contribution < -0.4 is 0 Å². The fourth-order valence-corrected chi connectivity index (χ4v) is 8.31. The minimum atomic E-state index is -0.331. The van der Waals surface area contributed by atoms with E-state index in [9.17, 15) is 5.11 Å². The number of rotatable bonds is 6. The highest BCUT2D eigenvalue weighted by atomic mass is 16.3. The molecule has 0 fully saturated rings. The highest BCUT2D eigenvalue weighted by Gasteiger charge is 2.30. The molecule has 0 spiro atoms. The van der Waals surface area contributed by atoms with Gasteiger partial charge < -0.3 is 5.11 Å². The van der Waals surface area contributed by atoms with E-state index in [-0.39, 0.29) is 27.4 Å². The highest BCUT2D eigenvalue weighted by Crippen LogP contribution is 2.46. The molecule has 6 aromatic carbocycles. The summed E-state index contributed by atoms with van der Waals surface area (Å²) in [6, 6.07) is 47.4. The Labute approximate surface area is 370 Å². The summed E-state index contributed by atoms with van der Waals surface area (Å²) < 4.78 is 11.0. The van der Waals surface area contributed by atoms with Gasteiger partial charge in [0.05, 0.1) is 29.3 Å². The van der Waals surface area contributed by atoms with Gasteiger partial charge in [-0.05, 0) is 109 Å². The number of hydrogen-bond donors (Lipinski definition) is 1. The smallest absolute Gasteiger partial charge is 0.149 e. The first-order chi connectivity index (χ1) is 29.6. The lowest BCUT2D eigenvalue weighted by Crippen LogP contribution is -2.17. The predicted octanol–water partition coefficient (Wildman–Crippen LogP) is 15.7. The van der Waals surface area contributed by atoms with Gasteiger partial charge in [0.2, 0.25) is 0 Å². The van der Waals surface area contributed by atoms with Crippen molar-refractivity contribution in [1.82, 2.24) is 14.5 Å². The molecule has 4 nitrogen and oxygen atoms in total. The molecule has 0 saturated carbocycles. The molecule has 0 atom stereocenters. The standard InChI is InChI=1S/C58H61N3O/c1-55(2,3)42-26-27-50(46(34-42)38-22-17-14-18-23-38)61-51-25-19-24-45(52(51)60-54(61)47-35-44(57(7,8)9)36-48(53(47)62)58(10,11)12)40-30-41(32-43(31-40)56(4,5)6)49-33-39(28-29-59-49)37-20-15-13-16-21-37/h13-36,62H,1-12H3/i28D. The van der Waals surface area contributed by atoms with Crippen molar-refractivity contribution in [2.24, 2.45) is 0 Å². The first-order valence-electron chi connectivity index (χ1n) is 22.4. The summed E-state index contributed by atoms with van der Waals surface area (Å²) in [7, 11) is 0. The molecule has 1 N–H and O–H groups in total. The van der Waals surface area contributed by atoms with Gasteiger partial charge in [0, 0.05) is 28.5 Å². The topological polar surface area (TPSA) is 50.9 Å². The quantitative estimate of drug-likeness (QED) is 0.182. The third kappa shape index (κ3) is 8.23. The molecule has 4 heteroatoms. The zero-order chi connectivity index (χ0) is 45.2. The van der Waals surface area contributed by atoms with Crippen LogP contribution in [0.4, 0.5) is 0 Å². The van der Waals surface area contributed by atoms with E-state index in [1.165, 1.54) is 11.1 Å². The van der Waals surface area contributed by atoms with Crippen LogP contribution in [0, 0.1) is 0 Å². The van der Waals surface area contributed by atoms with E-state index in [1.54, 1.807) is 6.20 Å². The van der Waals surface area contributed by atoms with Gasteiger partial charge in [-0.2, -0.15) is 0 Å². The molecule has 62 heavy (non-hydrogen) atoms. The average molecular weight is 817 g/mol. The Morgan fingerprint density at radius 1 is 0.484 bits per heavy atom. The van der Waals surface area contributed by atoms with Gasteiger partial charge in [0.15, 0.2) is 0 Å². The van der Waals surface area contributed by atoms with Crippen molar-refractivity contribution < 1.29 is 6.48 Å². The minimum absolute atomic E-state index is 0.0799. The molecule has 8 rings (SSSR count). The summed E-state index contributed by atoms with van der Waals surface area (Å²) in [5.41, 5.74) is 14.9. The zero-order valence-corrected chi connectivity index (χ0v) is 38.6. The predicted molar refractivity (Wildman–Crippen MR) is 263 cm³/mol. The molecule has 0 aliphatic carbocycles. The maximum absolute atomic E-state index is 12.5. The normalized spacial score (nSPS) is 12.8. The Morgan fingerprint density at radius 3 is 1.71 bits per heavy atom. The van der Waals surface area contributed by atoms with E-state index >= 15 is 0 Å². The van der Waals surface area contributed by atoms with Crippen LogP contribution in [-0.2, 0) is 21.7 Å². The van der Waals surface area contributed by atoms with E-state index in [2.05, 4.69) is 185 Å². The molecule has 0 amide bonds. The van der Waals surface area contributed by atoms with E-state index in [4.69, 9.17) is 11.3 Å². The lowest BCUT2D eigenvalue weighted by molar-refractivity contribution is 0.446. The van der Waals surface area contributed by atoms with Crippen molar-refractivity contribution in [3.05, 3.63) is 168 Å². The number of fused-ring (bicyclic) bond motifs is 1. The van der Waals surface area contributed by atoms with Crippen molar-refractivity contribution in [1.29, 1.82) is 0 Å². The van der Waals surface area contributed by atoms with Gasteiger partial charge in [0.1, 0.15) is 11.6 Å². The number of nitrogens with zero attached hydrogens (tertiary/aromatic N) is 3. The Bertz CT molecular complexity index is 2990. The summed E-state index contributed by atoms with van der Waals surface area (Å²) in [6.07, 6.45) is 1.66. The second-order valence-corrected chi connectivity index (χ2v) is 21.0. The Balaban J connectivity index is 1.47. The van der Waals surface area contributed by atoms with Crippen molar-refractivity contribution in [2.45, 2.75) is 105 Å². The molecule has 0 saturated heterocycles. The largest absolute Gasteiger partial charge is 0.507 e. The number of aromatic hydroxyl groups is 1. The first kappa shape index (κ1) is 41.1. The minimum Gasteiger partial charge on any atom is -0.507 e. The van der Waals surface area contributed by atoms with Crippen LogP contribution in [0.5, 0.6) is 5.75 Å². The van der Waals surface area contributed by atoms with Crippen LogP contribution in [0.25, 0.3) is 72.7 Å². The number of hydrogen-bond acceptors (Lipinski definition) is 3. The molecule has 314 valence electrons. The van der Waals surface area contributed by atoms with E-state index in [1.807, 2.05) is 36.4 Å². The first-order valence-corrected chi connectivity index (χ1v) is 21.9. The van der Waals surface area contributed by atoms with E-state index < -0.39 is 0 Å². The molecular formula is C58H61N3O. The van der Waals surface area contributed by atoms with Crippen LogP contribution in [0.15, 0.2) is 146 Å². The zero-order valence-electron chi connectivity index (χ0n) is 39.6. The van der Waals surface area contributed by atoms with Crippen molar-refractivity contribution in [2.75, 3.05) is 0 Å². The second-order valence-electron chi connectivity index (χ2n) is 21.0. The van der Waals surface area contributed by atoms with Crippen LogP contribution in [0.2, 0.25) is 0 Å². The average Bonchev–Trinajstić information content (AvgIpc) is 3.62. The number of pyridine rings is 1. The molecule has 0 unspecified atom stereocenters. The monoisotopic (exact) mass is 816 g/mol.